The lowest BCUT2D eigenvalue weighted by atomic mass is 9.81. The molecule has 0 heterocycles. The highest BCUT2D eigenvalue weighted by Crippen LogP contribution is 2.30. The molecule has 20 heavy (non-hydrogen) atoms. The van der Waals surface area contributed by atoms with Gasteiger partial charge in [-0.3, -0.25) is 4.79 Å². The predicted molar refractivity (Wildman–Crippen MR) is 83.2 cm³/mol. The monoisotopic (exact) mass is 270 g/mol. The number of rotatable bonds is 4. The van der Waals surface area contributed by atoms with E-state index in [1.165, 1.54) is 10.9 Å². The summed E-state index contributed by atoms with van der Waals surface area (Å²) in [5.74, 6) is 0.417. The molecule has 0 aliphatic rings. The lowest BCUT2D eigenvalue weighted by Gasteiger charge is -2.23. The van der Waals surface area contributed by atoms with Crippen molar-refractivity contribution < 1.29 is 9.53 Å². The summed E-state index contributed by atoms with van der Waals surface area (Å²) in [5.41, 5.74) is 1.52. The van der Waals surface area contributed by atoms with Crippen molar-refractivity contribution in [3.8, 4) is 5.75 Å². The minimum atomic E-state index is -0.201. The molecule has 0 saturated carbocycles. The maximum Gasteiger partial charge on any atom is 0.310 e. The van der Waals surface area contributed by atoms with Crippen LogP contribution in [0.15, 0.2) is 36.4 Å². The van der Waals surface area contributed by atoms with E-state index in [0.717, 1.165) is 11.8 Å². The van der Waals surface area contributed by atoms with Crippen LogP contribution in [0, 0.1) is 0 Å². The van der Waals surface area contributed by atoms with E-state index in [4.69, 9.17) is 4.74 Å². The normalized spacial score (nSPS) is 11.6. The van der Waals surface area contributed by atoms with Gasteiger partial charge in [-0.25, -0.2) is 0 Å². The molecule has 0 aromatic heterocycles. The number of carbonyl (C=O) groups excluding carboxylic acids is 1. The second-order valence-electron chi connectivity index (χ2n) is 5.79. The molecule has 2 aromatic carbocycles. The summed E-state index contributed by atoms with van der Waals surface area (Å²) >= 11 is 0. The molecule has 0 spiro atoms. The minimum absolute atomic E-state index is 0.182. The zero-order valence-corrected chi connectivity index (χ0v) is 12.7. The number of esters is 1. The van der Waals surface area contributed by atoms with E-state index in [1.54, 1.807) is 6.92 Å². The Hall–Kier alpha value is -1.83. The topological polar surface area (TPSA) is 26.3 Å². The fraction of sp³-hybridized carbons (Fsp3) is 0.389. The molecule has 0 atom stereocenters. The first-order valence-electron chi connectivity index (χ1n) is 7.21. The van der Waals surface area contributed by atoms with Gasteiger partial charge in [-0.05, 0) is 40.3 Å². The Bertz CT molecular complexity index is 626. The molecule has 0 N–H and O–H groups in total. The van der Waals surface area contributed by atoms with Crippen LogP contribution in [0.25, 0.3) is 10.8 Å². The van der Waals surface area contributed by atoms with Crippen LogP contribution in [0.2, 0.25) is 0 Å². The van der Waals surface area contributed by atoms with E-state index in [0.29, 0.717) is 12.2 Å². The van der Waals surface area contributed by atoms with Crippen LogP contribution in [-0.2, 0) is 10.2 Å². The van der Waals surface area contributed by atoms with E-state index < -0.39 is 0 Å². The second kappa shape index (κ2) is 5.66. The summed E-state index contributed by atoms with van der Waals surface area (Å²) < 4.78 is 5.25. The van der Waals surface area contributed by atoms with Gasteiger partial charge in [0.15, 0.2) is 0 Å². The lowest BCUT2D eigenvalue weighted by Crippen LogP contribution is -2.15. The van der Waals surface area contributed by atoms with Crippen molar-refractivity contribution in [3.63, 3.8) is 0 Å². The molecular weight excluding hydrogens is 248 g/mol. The van der Waals surface area contributed by atoms with E-state index in [1.807, 2.05) is 18.2 Å². The Kier molecular flexibility index (Phi) is 4.12. The average Bonchev–Trinajstić information content (AvgIpc) is 2.46. The van der Waals surface area contributed by atoms with Crippen molar-refractivity contribution in [1.29, 1.82) is 0 Å². The highest BCUT2D eigenvalue weighted by Gasteiger charge is 2.18. The first-order valence-corrected chi connectivity index (χ1v) is 7.21. The quantitative estimate of drug-likeness (QED) is 0.587. The molecule has 0 saturated heterocycles. The minimum Gasteiger partial charge on any atom is -0.427 e. The summed E-state index contributed by atoms with van der Waals surface area (Å²) in [5, 5.41) is 2.28. The van der Waals surface area contributed by atoms with E-state index in [-0.39, 0.29) is 11.4 Å². The Labute approximate surface area is 120 Å². The standard InChI is InChI=1S/C18H22O2/c1-5-17(19)20-16-10-8-13-11-15(18(3,4)6-2)9-7-14(13)12-16/h7-12H,5-6H2,1-4H3. The van der Waals surface area contributed by atoms with Gasteiger partial charge >= 0.3 is 5.97 Å². The van der Waals surface area contributed by atoms with Gasteiger partial charge in [0.1, 0.15) is 5.75 Å². The molecular formula is C18H22O2. The number of ether oxygens (including phenoxy) is 1. The van der Waals surface area contributed by atoms with Gasteiger partial charge in [0.05, 0.1) is 0 Å². The Balaban J connectivity index is 2.37. The third-order valence-corrected chi connectivity index (χ3v) is 4.00. The molecule has 0 fully saturated rings. The first-order chi connectivity index (χ1) is 9.46. The smallest absolute Gasteiger partial charge is 0.310 e. The van der Waals surface area contributed by atoms with Crippen LogP contribution in [-0.4, -0.2) is 5.97 Å². The molecule has 2 rings (SSSR count). The van der Waals surface area contributed by atoms with E-state index >= 15 is 0 Å². The van der Waals surface area contributed by atoms with Gasteiger partial charge in [-0.2, -0.15) is 0 Å². The molecule has 106 valence electrons. The van der Waals surface area contributed by atoms with Gasteiger partial charge in [0, 0.05) is 6.42 Å². The highest BCUT2D eigenvalue weighted by molar-refractivity contribution is 5.85. The molecule has 0 amide bonds. The number of carbonyl (C=O) groups is 1. The zero-order valence-electron chi connectivity index (χ0n) is 12.7. The molecule has 0 bridgehead atoms. The molecule has 2 aromatic rings. The molecule has 0 radical (unpaired) electrons. The predicted octanol–water partition coefficient (Wildman–Crippen LogP) is 4.84. The Morgan fingerprint density at radius 1 is 1.05 bits per heavy atom. The summed E-state index contributed by atoms with van der Waals surface area (Å²) in [4.78, 5) is 11.3. The maximum atomic E-state index is 11.3. The van der Waals surface area contributed by atoms with Crippen molar-refractivity contribution in [2.75, 3.05) is 0 Å². The largest absolute Gasteiger partial charge is 0.427 e. The van der Waals surface area contributed by atoms with Crippen molar-refractivity contribution in [2.24, 2.45) is 0 Å². The third-order valence-electron chi connectivity index (χ3n) is 4.00. The van der Waals surface area contributed by atoms with Crippen LogP contribution in [0.3, 0.4) is 0 Å². The molecule has 2 heteroatoms. The van der Waals surface area contributed by atoms with Crippen LogP contribution in [0.5, 0.6) is 5.75 Å². The fourth-order valence-electron chi connectivity index (χ4n) is 2.12. The molecule has 0 aliphatic heterocycles. The van der Waals surface area contributed by atoms with Crippen LogP contribution in [0.1, 0.15) is 46.1 Å². The van der Waals surface area contributed by atoms with Crippen molar-refractivity contribution in [3.05, 3.63) is 42.0 Å². The van der Waals surface area contributed by atoms with E-state index in [2.05, 4.69) is 39.0 Å². The van der Waals surface area contributed by atoms with Crippen molar-refractivity contribution >= 4 is 16.7 Å². The molecule has 2 nitrogen and oxygen atoms in total. The molecule has 0 aliphatic carbocycles. The van der Waals surface area contributed by atoms with Gasteiger partial charge in [0.25, 0.3) is 0 Å². The van der Waals surface area contributed by atoms with Crippen LogP contribution >= 0.6 is 0 Å². The van der Waals surface area contributed by atoms with Crippen molar-refractivity contribution in [2.45, 2.75) is 46.0 Å². The molecule has 0 unspecified atom stereocenters. The van der Waals surface area contributed by atoms with Crippen molar-refractivity contribution in [1.82, 2.24) is 0 Å². The maximum absolute atomic E-state index is 11.3. The Morgan fingerprint density at radius 3 is 2.35 bits per heavy atom. The average molecular weight is 270 g/mol. The van der Waals surface area contributed by atoms with Gasteiger partial charge in [-0.1, -0.05) is 52.0 Å². The van der Waals surface area contributed by atoms with Crippen LogP contribution < -0.4 is 4.74 Å². The van der Waals surface area contributed by atoms with E-state index in [9.17, 15) is 4.79 Å². The number of hydrogen-bond donors (Lipinski definition) is 0. The third kappa shape index (κ3) is 3.01. The SMILES string of the molecule is CCC(=O)Oc1ccc2cc(C(C)(C)CC)ccc2c1. The summed E-state index contributed by atoms with van der Waals surface area (Å²) in [6.07, 6.45) is 1.49. The lowest BCUT2D eigenvalue weighted by molar-refractivity contribution is -0.134. The number of benzene rings is 2. The van der Waals surface area contributed by atoms with Gasteiger partial charge in [-0.15, -0.1) is 0 Å². The summed E-state index contributed by atoms with van der Waals surface area (Å²) in [7, 11) is 0. The highest BCUT2D eigenvalue weighted by atomic mass is 16.5. The fourth-order valence-corrected chi connectivity index (χ4v) is 2.12. The summed E-state index contributed by atoms with van der Waals surface area (Å²) in [6, 6.07) is 12.3. The zero-order chi connectivity index (χ0) is 14.8. The van der Waals surface area contributed by atoms with Gasteiger partial charge in [0.2, 0.25) is 0 Å². The second-order valence-corrected chi connectivity index (χ2v) is 5.79. The van der Waals surface area contributed by atoms with Gasteiger partial charge < -0.3 is 4.74 Å². The summed E-state index contributed by atoms with van der Waals surface area (Å²) in [6.45, 7) is 8.51. The number of fused-ring (bicyclic) bond motifs is 1. The Morgan fingerprint density at radius 2 is 1.70 bits per heavy atom. The van der Waals surface area contributed by atoms with Crippen LogP contribution in [0.4, 0.5) is 0 Å². The first kappa shape index (κ1) is 14.6. The number of hydrogen-bond acceptors (Lipinski definition) is 2.